The maximum atomic E-state index is 12.3. The van der Waals surface area contributed by atoms with Gasteiger partial charge in [-0.3, -0.25) is 14.5 Å². The molecule has 140 valence electrons. The van der Waals surface area contributed by atoms with E-state index in [9.17, 15) is 9.59 Å². The Kier molecular flexibility index (Phi) is 5.73. The maximum Gasteiger partial charge on any atom is 0.278 e. The van der Waals surface area contributed by atoms with Crippen LogP contribution < -0.4 is 15.0 Å². The molecule has 2 aromatic heterocycles. The number of nitrogens with zero attached hydrogens (tertiary/aromatic N) is 5. The summed E-state index contributed by atoms with van der Waals surface area (Å²) >= 11 is 1.28. The first kappa shape index (κ1) is 18.2. The fourth-order valence-corrected chi connectivity index (χ4v) is 3.26. The number of nitrogens with one attached hydrogen (secondary N) is 1. The third-order valence-corrected chi connectivity index (χ3v) is 4.62. The van der Waals surface area contributed by atoms with Crippen molar-refractivity contribution < 1.29 is 23.7 Å². The molecule has 2 aromatic rings. The summed E-state index contributed by atoms with van der Waals surface area (Å²) in [6.45, 7) is 2.83. The molecule has 1 N–H and O–H groups in total. The first-order valence-corrected chi connectivity index (χ1v) is 8.71. The number of ether oxygens (including phenoxy) is 2. The molecule has 1 saturated heterocycles. The molecule has 26 heavy (non-hydrogen) atoms. The van der Waals surface area contributed by atoms with Crippen molar-refractivity contribution in [1.82, 2.24) is 25.8 Å². The number of hydrogen-bond donors (Lipinski definition) is 1. The lowest BCUT2D eigenvalue weighted by Crippen LogP contribution is -2.35. The number of hydrogen-bond acceptors (Lipinski definition) is 10. The zero-order chi connectivity index (χ0) is 18.5. The fraction of sp³-hybridized carbons (Fsp3) is 0.571. The van der Waals surface area contributed by atoms with Gasteiger partial charge in [-0.2, -0.15) is 0 Å². The van der Waals surface area contributed by atoms with Gasteiger partial charge in [0.1, 0.15) is 23.9 Å². The van der Waals surface area contributed by atoms with Gasteiger partial charge in [0.05, 0.1) is 12.5 Å². The van der Waals surface area contributed by atoms with E-state index in [-0.39, 0.29) is 37.9 Å². The van der Waals surface area contributed by atoms with Crippen molar-refractivity contribution in [2.75, 3.05) is 31.7 Å². The van der Waals surface area contributed by atoms with Crippen LogP contribution in [-0.2, 0) is 20.9 Å². The monoisotopic (exact) mass is 382 g/mol. The smallest absolute Gasteiger partial charge is 0.278 e. The number of carbonyl (C=O) groups is 2. The van der Waals surface area contributed by atoms with Crippen LogP contribution >= 0.6 is 11.3 Å². The quantitative estimate of drug-likeness (QED) is 0.623. The van der Waals surface area contributed by atoms with E-state index in [2.05, 4.69) is 30.5 Å². The normalized spacial score (nSPS) is 16.9. The molecule has 11 nitrogen and oxygen atoms in total. The lowest BCUT2D eigenvalue weighted by molar-refractivity contribution is -0.126. The predicted octanol–water partition coefficient (Wildman–Crippen LogP) is -0.0760. The minimum Gasteiger partial charge on any atom is -0.472 e. The lowest BCUT2D eigenvalue weighted by atomic mass is 10.1. The molecule has 1 aliphatic rings. The summed E-state index contributed by atoms with van der Waals surface area (Å²) in [5.41, 5.74) is 0.540. The van der Waals surface area contributed by atoms with Gasteiger partial charge < -0.3 is 14.8 Å². The summed E-state index contributed by atoms with van der Waals surface area (Å²) in [5, 5.41) is 19.0. The van der Waals surface area contributed by atoms with Gasteiger partial charge >= 0.3 is 0 Å². The van der Waals surface area contributed by atoms with E-state index < -0.39 is 5.92 Å². The Morgan fingerprint density at radius 2 is 2.27 bits per heavy atom. The van der Waals surface area contributed by atoms with Gasteiger partial charge in [-0.25, -0.2) is 4.63 Å². The molecular formula is C14H18N6O5S. The van der Waals surface area contributed by atoms with E-state index in [0.29, 0.717) is 28.3 Å². The summed E-state index contributed by atoms with van der Waals surface area (Å²) in [6.07, 6.45) is 0.137. The van der Waals surface area contributed by atoms with Gasteiger partial charge in [0, 0.05) is 20.1 Å². The summed E-state index contributed by atoms with van der Waals surface area (Å²) in [5.74, 6) is -0.496. The van der Waals surface area contributed by atoms with Crippen LogP contribution in [0, 0.1) is 12.8 Å². The van der Waals surface area contributed by atoms with E-state index in [4.69, 9.17) is 9.47 Å². The van der Waals surface area contributed by atoms with Crippen molar-refractivity contribution in [2.45, 2.75) is 20.0 Å². The van der Waals surface area contributed by atoms with Crippen LogP contribution in [0.5, 0.6) is 5.88 Å². The number of amides is 2. The van der Waals surface area contributed by atoms with Crippen LogP contribution in [0.2, 0.25) is 0 Å². The molecule has 3 heterocycles. The number of anilines is 1. The molecule has 2 amide bonds. The number of methoxy groups -OCH3 is 1. The summed E-state index contributed by atoms with van der Waals surface area (Å²) < 4.78 is 14.8. The van der Waals surface area contributed by atoms with Crippen molar-refractivity contribution in [3.63, 3.8) is 0 Å². The molecule has 0 bridgehead atoms. The molecule has 3 rings (SSSR count). The zero-order valence-corrected chi connectivity index (χ0v) is 15.1. The zero-order valence-electron chi connectivity index (χ0n) is 14.3. The molecule has 0 aliphatic carbocycles. The Bertz CT molecular complexity index is 777. The maximum absolute atomic E-state index is 12.3. The van der Waals surface area contributed by atoms with Crippen molar-refractivity contribution >= 4 is 28.3 Å². The van der Waals surface area contributed by atoms with Crippen LogP contribution in [0.4, 0.5) is 5.13 Å². The first-order valence-electron chi connectivity index (χ1n) is 7.90. The van der Waals surface area contributed by atoms with Crippen LogP contribution in [0.1, 0.15) is 17.1 Å². The minimum absolute atomic E-state index is 0.137. The third-order valence-electron chi connectivity index (χ3n) is 3.70. The van der Waals surface area contributed by atoms with E-state index in [1.54, 1.807) is 14.0 Å². The average molecular weight is 382 g/mol. The Balaban J connectivity index is 1.46. The second-order valence-electron chi connectivity index (χ2n) is 5.61. The van der Waals surface area contributed by atoms with E-state index in [0.717, 1.165) is 0 Å². The van der Waals surface area contributed by atoms with Crippen molar-refractivity contribution in [2.24, 2.45) is 5.92 Å². The fourth-order valence-electron chi connectivity index (χ4n) is 2.42. The van der Waals surface area contributed by atoms with E-state index in [1.807, 2.05) is 0 Å². The van der Waals surface area contributed by atoms with Gasteiger partial charge in [0.2, 0.25) is 16.9 Å². The Hall–Kier alpha value is -2.60. The highest BCUT2D eigenvalue weighted by Crippen LogP contribution is 2.28. The molecule has 0 radical (unpaired) electrons. The topological polar surface area (TPSA) is 133 Å². The average Bonchev–Trinajstić information content (AvgIpc) is 3.32. The highest BCUT2D eigenvalue weighted by Gasteiger charge is 2.36. The Morgan fingerprint density at radius 1 is 1.42 bits per heavy atom. The van der Waals surface area contributed by atoms with Gasteiger partial charge in [-0.15, -0.1) is 10.2 Å². The molecule has 1 unspecified atom stereocenters. The highest BCUT2D eigenvalue weighted by atomic mass is 32.1. The Morgan fingerprint density at radius 3 is 3.00 bits per heavy atom. The second-order valence-corrected chi connectivity index (χ2v) is 6.65. The molecule has 0 saturated carbocycles. The van der Waals surface area contributed by atoms with E-state index in [1.165, 1.54) is 16.2 Å². The van der Waals surface area contributed by atoms with Crippen LogP contribution in [0.15, 0.2) is 4.63 Å². The van der Waals surface area contributed by atoms with Crippen LogP contribution in [0.25, 0.3) is 0 Å². The summed E-state index contributed by atoms with van der Waals surface area (Å²) in [7, 11) is 1.56. The van der Waals surface area contributed by atoms with Crippen LogP contribution in [0.3, 0.4) is 0 Å². The van der Waals surface area contributed by atoms with Crippen molar-refractivity contribution in [3.8, 4) is 5.88 Å². The standard InChI is InChI=1S/C14H18N6O5S/c1-8-13(19-25-18-8)24-4-3-15-12(22)9-5-11(21)20(6-9)14-17-16-10(26-14)7-23-2/h9H,3-7H2,1-2H3,(H,15,22). The van der Waals surface area contributed by atoms with Gasteiger partial charge in [-0.05, 0) is 12.1 Å². The van der Waals surface area contributed by atoms with Gasteiger partial charge in [0.15, 0.2) is 0 Å². The molecular weight excluding hydrogens is 364 g/mol. The summed E-state index contributed by atoms with van der Waals surface area (Å²) in [4.78, 5) is 25.9. The van der Waals surface area contributed by atoms with Crippen LogP contribution in [-0.4, -0.2) is 59.1 Å². The number of carbonyl (C=O) groups excluding carboxylic acids is 2. The largest absolute Gasteiger partial charge is 0.472 e. The molecule has 12 heteroatoms. The molecule has 1 fully saturated rings. The molecule has 0 spiro atoms. The predicted molar refractivity (Wildman–Crippen MR) is 88.6 cm³/mol. The number of aryl methyl sites for hydroxylation is 1. The SMILES string of the molecule is COCc1nnc(N2CC(C(=O)NCCOc3nonc3C)CC2=O)s1. The first-order chi connectivity index (χ1) is 12.6. The third kappa shape index (κ3) is 4.14. The van der Waals surface area contributed by atoms with Crippen molar-refractivity contribution in [1.29, 1.82) is 0 Å². The number of aromatic nitrogens is 4. The minimum atomic E-state index is -0.437. The van der Waals surface area contributed by atoms with E-state index >= 15 is 0 Å². The van der Waals surface area contributed by atoms with Gasteiger partial charge in [-0.1, -0.05) is 16.5 Å². The second kappa shape index (κ2) is 8.19. The molecule has 0 aromatic carbocycles. The number of rotatable bonds is 8. The lowest BCUT2D eigenvalue weighted by Gasteiger charge is -2.12. The highest BCUT2D eigenvalue weighted by molar-refractivity contribution is 7.15. The molecule has 1 aliphatic heterocycles. The summed E-state index contributed by atoms with van der Waals surface area (Å²) in [6, 6.07) is 0. The Labute approximate surface area is 152 Å². The van der Waals surface area contributed by atoms with Crippen molar-refractivity contribution in [3.05, 3.63) is 10.7 Å². The molecule has 1 atom stereocenters. The van der Waals surface area contributed by atoms with Gasteiger partial charge in [0.25, 0.3) is 5.88 Å².